The molecule has 3 rings (SSSR count). The number of hydrogen-bond donors (Lipinski definition) is 2. The molecule has 1 amide bonds. The molecule has 1 aliphatic carbocycles. The van der Waals surface area contributed by atoms with Gasteiger partial charge in [0, 0.05) is 17.7 Å². The molecule has 0 heterocycles. The molecule has 2 aromatic carbocycles. The third-order valence-electron chi connectivity index (χ3n) is 4.18. The van der Waals surface area contributed by atoms with E-state index in [1.54, 1.807) is 0 Å². The third kappa shape index (κ3) is 3.59. The van der Waals surface area contributed by atoms with E-state index in [-0.39, 0.29) is 11.9 Å². The summed E-state index contributed by atoms with van der Waals surface area (Å²) in [5.41, 5.74) is 3.98. The Morgan fingerprint density at radius 3 is 2.70 bits per heavy atom. The lowest BCUT2D eigenvalue weighted by molar-refractivity contribution is 0.0858. The van der Waals surface area contributed by atoms with Gasteiger partial charge in [0.05, 0.1) is 12.1 Å². The highest BCUT2D eigenvalue weighted by Gasteiger charge is 2.31. The van der Waals surface area contributed by atoms with Gasteiger partial charge >= 0.3 is 0 Å². The number of amides is 1. The smallest absolute Gasteiger partial charge is 0.251 e. The SMILES string of the molecule is CCSCc1ccc(C(=O)NC2c3ccccc3CC2O)cc1. The molecule has 2 atom stereocenters. The van der Waals surface area contributed by atoms with Gasteiger partial charge in [-0.05, 0) is 34.6 Å². The van der Waals surface area contributed by atoms with E-state index in [1.807, 2.05) is 60.3 Å². The van der Waals surface area contributed by atoms with E-state index in [2.05, 4.69) is 12.2 Å². The molecule has 0 saturated carbocycles. The van der Waals surface area contributed by atoms with Crippen LogP contribution in [-0.4, -0.2) is 22.9 Å². The highest BCUT2D eigenvalue weighted by molar-refractivity contribution is 7.98. The predicted octanol–water partition coefficient (Wildman–Crippen LogP) is 3.33. The van der Waals surface area contributed by atoms with Crippen LogP contribution in [0.4, 0.5) is 0 Å². The molecule has 0 radical (unpaired) electrons. The van der Waals surface area contributed by atoms with Crippen molar-refractivity contribution in [3.63, 3.8) is 0 Å². The number of benzene rings is 2. The first-order valence-corrected chi connectivity index (χ1v) is 9.08. The van der Waals surface area contributed by atoms with Gasteiger partial charge in [-0.15, -0.1) is 0 Å². The van der Waals surface area contributed by atoms with Crippen molar-refractivity contribution < 1.29 is 9.90 Å². The quantitative estimate of drug-likeness (QED) is 0.885. The number of fused-ring (bicyclic) bond motifs is 1. The lowest BCUT2D eigenvalue weighted by atomic mass is 10.1. The zero-order valence-electron chi connectivity index (χ0n) is 13.2. The Labute approximate surface area is 141 Å². The number of aliphatic hydroxyl groups excluding tert-OH is 1. The fraction of sp³-hybridized carbons (Fsp3) is 0.316. The van der Waals surface area contributed by atoms with E-state index < -0.39 is 6.10 Å². The Kier molecular flexibility index (Phi) is 5.03. The van der Waals surface area contributed by atoms with E-state index in [9.17, 15) is 9.90 Å². The number of carbonyl (C=O) groups is 1. The molecule has 0 bridgehead atoms. The van der Waals surface area contributed by atoms with Crippen molar-refractivity contribution in [2.24, 2.45) is 0 Å². The van der Waals surface area contributed by atoms with E-state index in [4.69, 9.17) is 0 Å². The van der Waals surface area contributed by atoms with Crippen molar-refractivity contribution in [1.29, 1.82) is 0 Å². The molecule has 1 aliphatic rings. The average Bonchev–Trinajstić information content (AvgIpc) is 2.89. The van der Waals surface area contributed by atoms with Gasteiger partial charge in [-0.1, -0.05) is 43.3 Å². The normalized spacial score (nSPS) is 19.4. The van der Waals surface area contributed by atoms with Gasteiger partial charge in [0.25, 0.3) is 5.91 Å². The maximum absolute atomic E-state index is 12.5. The van der Waals surface area contributed by atoms with Crippen molar-refractivity contribution >= 4 is 17.7 Å². The summed E-state index contributed by atoms with van der Waals surface area (Å²) in [7, 11) is 0. The Hall–Kier alpha value is -1.78. The van der Waals surface area contributed by atoms with Crippen LogP contribution in [0, 0.1) is 0 Å². The number of aliphatic hydroxyl groups is 1. The zero-order chi connectivity index (χ0) is 16.2. The molecule has 0 saturated heterocycles. The fourth-order valence-electron chi connectivity index (χ4n) is 2.94. The van der Waals surface area contributed by atoms with E-state index in [1.165, 1.54) is 5.56 Å². The molecular weight excluding hydrogens is 306 g/mol. The molecule has 0 spiro atoms. The maximum atomic E-state index is 12.5. The molecule has 3 nitrogen and oxygen atoms in total. The number of hydrogen-bond acceptors (Lipinski definition) is 3. The van der Waals surface area contributed by atoms with Crippen LogP contribution in [0.25, 0.3) is 0 Å². The minimum Gasteiger partial charge on any atom is -0.390 e. The topological polar surface area (TPSA) is 49.3 Å². The zero-order valence-corrected chi connectivity index (χ0v) is 14.0. The van der Waals surface area contributed by atoms with E-state index in [0.717, 1.165) is 22.6 Å². The van der Waals surface area contributed by atoms with Crippen LogP contribution in [0.5, 0.6) is 0 Å². The summed E-state index contributed by atoms with van der Waals surface area (Å²) >= 11 is 1.86. The second-order valence-corrected chi connectivity index (χ2v) is 7.03. The maximum Gasteiger partial charge on any atom is 0.251 e. The van der Waals surface area contributed by atoms with Crippen molar-refractivity contribution in [2.75, 3.05) is 5.75 Å². The van der Waals surface area contributed by atoms with Gasteiger partial charge in [0.2, 0.25) is 0 Å². The molecule has 2 N–H and O–H groups in total. The van der Waals surface area contributed by atoms with Gasteiger partial charge in [-0.3, -0.25) is 4.79 Å². The predicted molar refractivity (Wildman–Crippen MR) is 94.6 cm³/mol. The van der Waals surface area contributed by atoms with Crippen LogP contribution in [0.3, 0.4) is 0 Å². The van der Waals surface area contributed by atoms with Gasteiger partial charge < -0.3 is 10.4 Å². The van der Waals surface area contributed by atoms with Crippen LogP contribution in [0.1, 0.15) is 40.0 Å². The summed E-state index contributed by atoms with van der Waals surface area (Å²) in [6.07, 6.45) is 0.0328. The van der Waals surface area contributed by atoms with Crippen LogP contribution >= 0.6 is 11.8 Å². The molecule has 2 unspecified atom stereocenters. The van der Waals surface area contributed by atoms with Gasteiger partial charge in [0.15, 0.2) is 0 Å². The molecular formula is C19H21NO2S. The second-order valence-electron chi connectivity index (χ2n) is 5.76. The number of rotatable bonds is 5. The Balaban J connectivity index is 1.69. The molecule has 23 heavy (non-hydrogen) atoms. The summed E-state index contributed by atoms with van der Waals surface area (Å²) in [5.74, 6) is 1.91. The molecule has 2 aromatic rings. The molecule has 120 valence electrons. The van der Waals surface area contributed by atoms with Gasteiger partial charge in [0.1, 0.15) is 0 Å². The monoisotopic (exact) mass is 327 g/mol. The largest absolute Gasteiger partial charge is 0.390 e. The van der Waals surface area contributed by atoms with Crippen LogP contribution in [0.2, 0.25) is 0 Å². The lowest BCUT2D eigenvalue weighted by Crippen LogP contribution is -2.33. The highest BCUT2D eigenvalue weighted by Crippen LogP contribution is 2.31. The first-order chi connectivity index (χ1) is 11.2. The number of carbonyl (C=O) groups excluding carboxylic acids is 1. The summed E-state index contributed by atoms with van der Waals surface area (Å²) in [4.78, 5) is 12.5. The molecule has 0 fully saturated rings. The molecule has 0 aromatic heterocycles. The lowest BCUT2D eigenvalue weighted by Gasteiger charge is -2.18. The van der Waals surface area contributed by atoms with Crippen molar-refractivity contribution in [3.05, 3.63) is 70.8 Å². The summed E-state index contributed by atoms with van der Waals surface area (Å²) in [5, 5.41) is 13.2. The standard InChI is InChI=1S/C19H21NO2S/c1-2-23-12-13-7-9-14(10-8-13)19(22)20-18-16-6-4-3-5-15(16)11-17(18)21/h3-10,17-18,21H,2,11-12H2,1H3,(H,20,22). The van der Waals surface area contributed by atoms with Crippen molar-refractivity contribution in [2.45, 2.75) is 31.2 Å². The van der Waals surface area contributed by atoms with Crippen LogP contribution in [-0.2, 0) is 12.2 Å². The van der Waals surface area contributed by atoms with Crippen molar-refractivity contribution in [3.8, 4) is 0 Å². The number of thioether (sulfide) groups is 1. The van der Waals surface area contributed by atoms with E-state index in [0.29, 0.717) is 12.0 Å². The van der Waals surface area contributed by atoms with E-state index >= 15 is 0 Å². The third-order valence-corrected chi connectivity index (χ3v) is 5.13. The second kappa shape index (κ2) is 7.20. The highest BCUT2D eigenvalue weighted by atomic mass is 32.2. The minimum absolute atomic E-state index is 0.138. The first-order valence-electron chi connectivity index (χ1n) is 7.92. The Morgan fingerprint density at radius 1 is 1.22 bits per heavy atom. The fourth-order valence-corrected chi connectivity index (χ4v) is 3.58. The molecule has 0 aliphatic heterocycles. The Morgan fingerprint density at radius 2 is 1.96 bits per heavy atom. The van der Waals surface area contributed by atoms with Gasteiger partial charge in [-0.25, -0.2) is 0 Å². The summed E-state index contributed by atoms with van der Waals surface area (Å²) in [6, 6.07) is 15.3. The summed E-state index contributed by atoms with van der Waals surface area (Å²) in [6.45, 7) is 2.14. The average molecular weight is 327 g/mol. The Bertz CT molecular complexity index is 684. The summed E-state index contributed by atoms with van der Waals surface area (Å²) < 4.78 is 0. The molecule has 4 heteroatoms. The van der Waals surface area contributed by atoms with Crippen LogP contribution in [0.15, 0.2) is 48.5 Å². The van der Waals surface area contributed by atoms with Crippen molar-refractivity contribution in [1.82, 2.24) is 5.32 Å². The van der Waals surface area contributed by atoms with Gasteiger partial charge in [-0.2, -0.15) is 11.8 Å². The first kappa shape index (κ1) is 16.1. The van der Waals surface area contributed by atoms with Crippen LogP contribution < -0.4 is 5.32 Å². The number of nitrogens with one attached hydrogen (secondary N) is 1. The minimum atomic E-state index is -0.559.